The van der Waals surface area contributed by atoms with E-state index in [9.17, 15) is 0 Å². The third-order valence-corrected chi connectivity index (χ3v) is 2.79. The van der Waals surface area contributed by atoms with Crippen LogP contribution in [0.15, 0.2) is 36.5 Å². The van der Waals surface area contributed by atoms with E-state index in [0.29, 0.717) is 6.54 Å². The molecule has 0 amide bonds. The smallest absolute Gasteiger partial charge is 0.147 e. The molecule has 4 nitrogen and oxygen atoms in total. The van der Waals surface area contributed by atoms with Gasteiger partial charge in [0.1, 0.15) is 5.82 Å². The van der Waals surface area contributed by atoms with Crippen LogP contribution in [0, 0.1) is 13.8 Å². The van der Waals surface area contributed by atoms with Crippen LogP contribution < -0.4 is 11.1 Å². The molecule has 2 rings (SSSR count). The second kappa shape index (κ2) is 5.60. The summed E-state index contributed by atoms with van der Waals surface area (Å²) in [6.45, 7) is 4.50. The molecule has 3 N–H and O–H groups in total. The molecule has 0 aliphatic carbocycles. The van der Waals surface area contributed by atoms with E-state index in [1.807, 2.05) is 44.2 Å². The molecule has 2 aromatic rings. The standard InChI is InChI=1S/C14H18N4/c1-10-8-16-11(2)14(18-10)17-9-13(15)12-6-4-3-5-7-12/h3-8,13H,9,15H2,1-2H3,(H,17,18). The molecule has 18 heavy (non-hydrogen) atoms. The van der Waals surface area contributed by atoms with E-state index >= 15 is 0 Å². The molecule has 0 radical (unpaired) electrons. The van der Waals surface area contributed by atoms with E-state index in [4.69, 9.17) is 5.73 Å². The highest BCUT2D eigenvalue weighted by atomic mass is 15.0. The van der Waals surface area contributed by atoms with Gasteiger partial charge < -0.3 is 11.1 Å². The van der Waals surface area contributed by atoms with Crippen molar-refractivity contribution >= 4 is 5.82 Å². The van der Waals surface area contributed by atoms with Gasteiger partial charge in [-0.3, -0.25) is 4.98 Å². The fraction of sp³-hybridized carbons (Fsp3) is 0.286. The van der Waals surface area contributed by atoms with Crippen LogP contribution in [-0.4, -0.2) is 16.5 Å². The molecule has 1 aromatic heterocycles. The molecule has 4 heteroatoms. The van der Waals surface area contributed by atoms with E-state index in [1.165, 1.54) is 0 Å². The van der Waals surface area contributed by atoms with Crippen LogP contribution in [0.5, 0.6) is 0 Å². The first-order valence-corrected chi connectivity index (χ1v) is 6.01. The van der Waals surface area contributed by atoms with Crippen LogP contribution in [0.2, 0.25) is 0 Å². The molecule has 0 saturated carbocycles. The highest BCUT2D eigenvalue weighted by Crippen LogP contribution is 2.13. The minimum absolute atomic E-state index is 0.0482. The lowest BCUT2D eigenvalue weighted by atomic mass is 10.1. The zero-order valence-electron chi connectivity index (χ0n) is 10.7. The van der Waals surface area contributed by atoms with Crippen LogP contribution >= 0.6 is 0 Å². The lowest BCUT2D eigenvalue weighted by molar-refractivity contribution is 0.759. The Bertz CT molecular complexity index is 510. The van der Waals surface area contributed by atoms with Crippen LogP contribution in [0.4, 0.5) is 5.82 Å². The minimum Gasteiger partial charge on any atom is -0.367 e. The lowest BCUT2D eigenvalue weighted by Crippen LogP contribution is -2.21. The van der Waals surface area contributed by atoms with Gasteiger partial charge in [0.25, 0.3) is 0 Å². The van der Waals surface area contributed by atoms with Crippen LogP contribution in [0.25, 0.3) is 0 Å². The molecular weight excluding hydrogens is 224 g/mol. The Balaban J connectivity index is 2.01. The maximum atomic E-state index is 6.12. The summed E-state index contributed by atoms with van der Waals surface area (Å²) in [5.41, 5.74) is 9.02. The number of nitrogens with one attached hydrogen (secondary N) is 1. The van der Waals surface area contributed by atoms with Crippen molar-refractivity contribution in [2.45, 2.75) is 19.9 Å². The average molecular weight is 242 g/mol. The first-order valence-electron chi connectivity index (χ1n) is 6.01. The number of nitrogens with two attached hydrogens (primary N) is 1. The Hall–Kier alpha value is -1.94. The first-order chi connectivity index (χ1) is 8.66. The van der Waals surface area contributed by atoms with E-state index < -0.39 is 0 Å². The fourth-order valence-corrected chi connectivity index (χ4v) is 1.73. The molecular formula is C14H18N4. The number of aryl methyl sites for hydroxylation is 2. The largest absolute Gasteiger partial charge is 0.367 e. The molecule has 0 fully saturated rings. The van der Waals surface area contributed by atoms with Crippen molar-refractivity contribution in [3.05, 3.63) is 53.5 Å². The topological polar surface area (TPSA) is 63.8 Å². The fourth-order valence-electron chi connectivity index (χ4n) is 1.73. The van der Waals surface area contributed by atoms with Gasteiger partial charge in [-0.2, -0.15) is 0 Å². The normalized spacial score (nSPS) is 12.2. The summed E-state index contributed by atoms with van der Waals surface area (Å²) in [5.74, 6) is 0.807. The van der Waals surface area contributed by atoms with Crippen molar-refractivity contribution < 1.29 is 0 Å². The summed E-state index contributed by atoms with van der Waals surface area (Å²) in [6, 6.07) is 9.98. The molecule has 0 aliphatic heterocycles. The molecule has 0 spiro atoms. The van der Waals surface area contributed by atoms with Crippen molar-refractivity contribution in [2.75, 3.05) is 11.9 Å². The van der Waals surface area contributed by atoms with Gasteiger partial charge in [-0.1, -0.05) is 30.3 Å². The van der Waals surface area contributed by atoms with Crippen molar-refractivity contribution in [3.8, 4) is 0 Å². The summed E-state index contributed by atoms with van der Waals surface area (Å²) in [7, 11) is 0. The van der Waals surface area contributed by atoms with E-state index in [2.05, 4.69) is 15.3 Å². The molecule has 0 bridgehead atoms. The third kappa shape index (κ3) is 3.05. The number of hydrogen-bond acceptors (Lipinski definition) is 4. The number of anilines is 1. The van der Waals surface area contributed by atoms with E-state index in [-0.39, 0.29) is 6.04 Å². The Morgan fingerprint density at radius 2 is 1.94 bits per heavy atom. The van der Waals surface area contributed by atoms with Crippen LogP contribution in [-0.2, 0) is 0 Å². The molecule has 0 saturated heterocycles. The Labute approximate surface area is 107 Å². The number of aromatic nitrogens is 2. The van der Waals surface area contributed by atoms with Crippen molar-refractivity contribution in [1.29, 1.82) is 0 Å². The summed E-state index contributed by atoms with van der Waals surface area (Å²) < 4.78 is 0. The Morgan fingerprint density at radius 1 is 1.22 bits per heavy atom. The average Bonchev–Trinajstić information content (AvgIpc) is 2.40. The van der Waals surface area contributed by atoms with Gasteiger partial charge in [-0.05, 0) is 19.4 Å². The third-order valence-electron chi connectivity index (χ3n) is 2.79. The van der Waals surface area contributed by atoms with Gasteiger partial charge in [0.05, 0.1) is 11.4 Å². The predicted octanol–water partition coefficient (Wildman–Crippen LogP) is 2.21. The second-order valence-corrected chi connectivity index (χ2v) is 4.34. The maximum absolute atomic E-state index is 6.12. The van der Waals surface area contributed by atoms with Gasteiger partial charge in [-0.25, -0.2) is 4.98 Å². The summed E-state index contributed by atoms with van der Waals surface area (Å²) in [6.07, 6.45) is 1.76. The van der Waals surface area contributed by atoms with Gasteiger partial charge in [0, 0.05) is 18.8 Å². The number of benzene rings is 1. The van der Waals surface area contributed by atoms with Crippen LogP contribution in [0.3, 0.4) is 0 Å². The maximum Gasteiger partial charge on any atom is 0.147 e. The van der Waals surface area contributed by atoms with Gasteiger partial charge >= 0.3 is 0 Å². The quantitative estimate of drug-likeness (QED) is 0.862. The molecule has 94 valence electrons. The summed E-state index contributed by atoms with van der Waals surface area (Å²) >= 11 is 0. The minimum atomic E-state index is -0.0482. The lowest BCUT2D eigenvalue weighted by Gasteiger charge is -2.14. The van der Waals surface area contributed by atoms with Gasteiger partial charge in [0.15, 0.2) is 0 Å². The van der Waals surface area contributed by atoms with Crippen molar-refractivity contribution in [3.63, 3.8) is 0 Å². The molecule has 0 aliphatic rings. The van der Waals surface area contributed by atoms with Crippen molar-refractivity contribution in [1.82, 2.24) is 9.97 Å². The molecule has 1 unspecified atom stereocenters. The van der Waals surface area contributed by atoms with Gasteiger partial charge in [0.2, 0.25) is 0 Å². The molecule has 1 aromatic carbocycles. The number of nitrogens with zero attached hydrogens (tertiary/aromatic N) is 2. The zero-order chi connectivity index (χ0) is 13.0. The Kier molecular flexibility index (Phi) is 3.89. The second-order valence-electron chi connectivity index (χ2n) is 4.34. The van der Waals surface area contributed by atoms with Crippen LogP contribution in [0.1, 0.15) is 23.0 Å². The van der Waals surface area contributed by atoms with E-state index in [1.54, 1.807) is 6.20 Å². The van der Waals surface area contributed by atoms with E-state index in [0.717, 1.165) is 22.8 Å². The monoisotopic (exact) mass is 242 g/mol. The van der Waals surface area contributed by atoms with Crippen molar-refractivity contribution in [2.24, 2.45) is 5.73 Å². The summed E-state index contributed by atoms with van der Waals surface area (Å²) in [5, 5.41) is 3.25. The SMILES string of the molecule is Cc1cnc(C)c(NCC(N)c2ccccc2)n1. The summed E-state index contributed by atoms with van der Waals surface area (Å²) in [4.78, 5) is 8.67. The zero-order valence-corrected chi connectivity index (χ0v) is 10.7. The molecule has 1 atom stereocenters. The first kappa shape index (κ1) is 12.5. The molecule has 1 heterocycles. The number of hydrogen-bond donors (Lipinski definition) is 2. The highest BCUT2D eigenvalue weighted by Gasteiger charge is 2.07. The number of rotatable bonds is 4. The Morgan fingerprint density at radius 3 is 2.67 bits per heavy atom. The predicted molar refractivity (Wildman–Crippen MR) is 73.4 cm³/mol. The highest BCUT2D eigenvalue weighted by molar-refractivity contribution is 5.40. The van der Waals surface area contributed by atoms with Gasteiger partial charge in [-0.15, -0.1) is 0 Å².